The lowest BCUT2D eigenvalue weighted by Gasteiger charge is -2.09. The molecule has 8 heteroatoms. The van der Waals surface area contributed by atoms with Crippen molar-refractivity contribution in [1.82, 2.24) is 16.0 Å². The van der Waals surface area contributed by atoms with Gasteiger partial charge in [0.2, 0.25) is 5.91 Å². The number of rotatable bonds is 20. The molecule has 0 unspecified atom stereocenters. The Hall–Kier alpha value is -3.78. The maximum atomic E-state index is 12.0. The van der Waals surface area contributed by atoms with Crippen molar-refractivity contribution in [3.8, 4) is 17.2 Å². The number of hydrogen-bond donors (Lipinski definition) is 6. The molecule has 0 saturated carbocycles. The molecule has 0 aromatic heterocycles. The standard InChI is InChI=1S/C31H45N3O5/c1-2-3-4-5-6-7-8-9-10-11-12-13-14-15-16-17-18-19-29(37)33-22-20-32-21-23-34-31(39)26-24-27(35)30(38)28(36)25-26/h3-4,6-7,9-10,12-13,15-16,24-25,32,35-36,38H,2,5,8,11,14,17-23H2,1H3,(H,33,37)(H,34,39). The summed E-state index contributed by atoms with van der Waals surface area (Å²) in [6, 6.07) is 2.16. The van der Waals surface area contributed by atoms with E-state index in [1.807, 2.05) is 0 Å². The predicted molar refractivity (Wildman–Crippen MR) is 158 cm³/mol. The fourth-order valence-electron chi connectivity index (χ4n) is 3.35. The fraction of sp³-hybridized carbons (Fsp3) is 0.419. The van der Waals surface area contributed by atoms with Gasteiger partial charge in [-0.15, -0.1) is 0 Å². The van der Waals surface area contributed by atoms with Gasteiger partial charge in [0.15, 0.2) is 17.2 Å². The highest BCUT2D eigenvalue weighted by atomic mass is 16.3. The van der Waals surface area contributed by atoms with Gasteiger partial charge in [-0.25, -0.2) is 0 Å². The number of carbonyl (C=O) groups is 2. The van der Waals surface area contributed by atoms with Crippen LogP contribution in [0.5, 0.6) is 17.2 Å². The van der Waals surface area contributed by atoms with Crippen LogP contribution in [-0.4, -0.2) is 53.3 Å². The van der Waals surface area contributed by atoms with E-state index >= 15 is 0 Å². The molecule has 39 heavy (non-hydrogen) atoms. The summed E-state index contributed by atoms with van der Waals surface area (Å²) in [6.07, 6.45) is 28.7. The predicted octanol–water partition coefficient (Wildman–Crippen LogP) is 5.16. The highest BCUT2D eigenvalue weighted by Gasteiger charge is 2.12. The maximum absolute atomic E-state index is 12.0. The molecule has 0 spiro atoms. The van der Waals surface area contributed by atoms with Gasteiger partial charge in [0.1, 0.15) is 0 Å². The summed E-state index contributed by atoms with van der Waals surface area (Å²) in [5.74, 6) is -2.25. The maximum Gasteiger partial charge on any atom is 0.251 e. The van der Waals surface area contributed by atoms with E-state index < -0.39 is 23.2 Å². The second-order valence-corrected chi connectivity index (χ2v) is 8.82. The average molecular weight is 540 g/mol. The second kappa shape index (κ2) is 22.2. The van der Waals surface area contributed by atoms with Crippen LogP contribution in [0.4, 0.5) is 0 Å². The summed E-state index contributed by atoms with van der Waals surface area (Å²) in [4.78, 5) is 23.9. The molecule has 0 aliphatic heterocycles. The lowest BCUT2D eigenvalue weighted by Crippen LogP contribution is -2.36. The van der Waals surface area contributed by atoms with Crippen molar-refractivity contribution in [1.29, 1.82) is 0 Å². The molecular formula is C31H45N3O5. The summed E-state index contributed by atoms with van der Waals surface area (Å²) in [5, 5.41) is 36.9. The molecule has 1 aromatic carbocycles. The van der Waals surface area contributed by atoms with Gasteiger partial charge in [-0.3, -0.25) is 9.59 Å². The van der Waals surface area contributed by atoms with Gasteiger partial charge in [-0.1, -0.05) is 67.7 Å². The summed E-state index contributed by atoms with van der Waals surface area (Å²) in [6.45, 7) is 4.01. The van der Waals surface area contributed by atoms with E-state index in [1.165, 1.54) is 0 Å². The Morgan fingerprint density at radius 2 is 1.18 bits per heavy atom. The third-order valence-electron chi connectivity index (χ3n) is 5.48. The third kappa shape index (κ3) is 17.4. The van der Waals surface area contributed by atoms with Crippen molar-refractivity contribution in [2.24, 2.45) is 0 Å². The third-order valence-corrected chi connectivity index (χ3v) is 5.48. The normalized spacial score (nSPS) is 12.0. The van der Waals surface area contributed by atoms with Crippen molar-refractivity contribution in [2.45, 2.75) is 58.3 Å². The molecule has 0 bridgehead atoms. The smallest absolute Gasteiger partial charge is 0.251 e. The van der Waals surface area contributed by atoms with Crippen molar-refractivity contribution < 1.29 is 24.9 Å². The Morgan fingerprint density at radius 1 is 0.692 bits per heavy atom. The molecule has 0 saturated heterocycles. The first-order valence-corrected chi connectivity index (χ1v) is 13.7. The molecule has 0 fully saturated rings. The number of amides is 2. The molecule has 6 N–H and O–H groups in total. The van der Waals surface area contributed by atoms with Gasteiger partial charge in [-0.2, -0.15) is 0 Å². The van der Waals surface area contributed by atoms with E-state index in [9.17, 15) is 24.9 Å². The first-order valence-electron chi connectivity index (χ1n) is 13.7. The molecule has 1 rings (SSSR count). The van der Waals surface area contributed by atoms with Crippen LogP contribution in [-0.2, 0) is 4.79 Å². The molecule has 8 nitrogen and oxygen atoms in total. The van der Waals surface area contributed by atoms with E-state index in [1.54, 1.807) is 0 Å². The van der Waals surface area contributed by atoms with E-state index in [4.69, 9.17) is 0 Å². The van der Waals surface area contributed by atoms with E-state index in [0.29, 0.717) is 32.6 Å². The number of allylic oxidation sites excluding steroid dienone is 10. The molecule has 0 radical (unpaired) electrons. The SMILES string of the molecule is CCC=CCC=CCC=CCC=CCC=CCCCC(=O)NCCNCCNC(=O)c1cc(O)c(O)c(O)c1. The molecule has 0 heterocycles. The number of nitrogens with one attached hydrogen (secondary N) is 3. The van der Waals surface area contributed by atoms with Crippen molar-refractivity contribution in [3.05, 3.63) is 78.5 Å². The first-order chi connectivity index (χ1) is 19.0. The minimum absolute atomic E-state index is 0.0180. The van der Waals surface area contributed by atoms with Gasteiger partial charge in [0, 0.05) is 38.2 Å². The number of carbonyl (C=O) groups excluding carboxylic acids is 2. The highest BCUT2D eigenvalue weighted by molar-refractivity contribution is 5.95. The highest BCUT2D eigenvalue weighted by Crippen LogP contribution is 2.35. The second-order valence-electron chi connectivity index (χ2n) is 8.82. The molecule has 0 aliphatic carbocycles. The first kappa shape index (κ1) is 33.2. The van der Waals surface area contributed by atoms with Crippen LogP contribution in [0.3, 0.4) is 0 Å². The zero-order valence-corrected chi connectivity index (χ0v) is 23.1. The number of aromatic hydroxyl groups is 3. The van der Waals surface area contributed by atoms with Crippen LogP contribution in [0.25, 0.3) is 0 Å². The Labute approximate surface area is 232 Å². The van der Waals surface area contributed by atoms with Crippen LogP contribution in [0.2, 0.25) is 0 Å². The molecule has 214 valence electrons. The summed E-state index contributed by atoms with van der Waals surface area (Å²) >= 11 is 0. The van der Waals surface area contributed by atoms with Crippen molar-refractivity contribution in [3.63, 3.8) is 0 Å². The van der Waals surface area contributed by atoms with Gasteiger partial charge < -0.3 is 31.3 Å². The largest absolute Gasteiger partial charge is 0.504 e. The van der Waals surface area contributed by atoms with Gasteiger partial charge >= 0.3 is 0 Å². The lowest BCUT2D eigenvalue weighted by molar-refractivity contribution is -0.121. The molecule has 1 aromatic rings. The molecular weight excluding hydrogens is 494 g/mol. The minimum atomic E-state index is -0.663. The van der Waals surface area contributed by atoms with Crippen molar-refractivity contribution >= 4 is 11.8 Å². The number of benzene rings is 1. The van der Waals surface area contributed by atoms with E-state index in [-0.39, 0.29) is 11.5 Å². The Morgan fingerprint density at radius 3 is 1.72 bits per heavy atom. The van der Waals surface area contributed by atoms with Crippen LogP contribution < -0.4 is 16.0 Å². The fourth-order valence-corrected chi connectivity index (χ4v) is 3.35. The van der Waals surface area contributed by atoms with E-state index in [2.05, 4.69) is 83.6 Å². The van der Waals surface area contributed by atoms with Crippen LogP contribution >= 0.6 is 0 Å². The number of hydrogen-bond acceptors (Lipinski definition) is 6. The zero-order chi connectivity index (χ0) is 28.6. The Bertz CT molecular complexity index is 973. The summed E-state index contributed by atoms with van der Waals surface area (Å²) < 4.78 is 0. The van der Waals surface area contributed by atoms with Crippen molar-refractivity contribution in [2.75, 3.05) is 26.2 Å². The van der Waals surface area contributed by atoms with Crippen LogP contribution in [0.1, 0.15) is 68.6 Å². The quantitative estimate of drug-likeness (QED) is 0.0771. The van der Waals surface area contributed by atoms with Crippen LogP contribution in [0, 0.1) is 0 Å². The topological polar surface area (TPSA) is 131 Å². The molecule has 0 aliphatic rings. The number of phenols is 3. The van der Waals surface area contributed by atoms with E-state index in [0.717, 1.165) is 57.1 Å². The van der Waals surface area contributed by atoms with Gasteiger partial charge in [0.05, 0.1) is 0 Å². The number of phenolic OH excluding ortho intramolecular Hbond substituents is 3. The number of unbranched alkanes of at least 4 members (excludes halogenated alkanes) is 1. The monoisotopic (exact) mass is 539 g/mol. The zero-order valence-electron chi connectivity index (χ0n) is 23.1. The van der Waals surface area contributed by atoms with Gasteiger partial charge in [-0.05, 0) is 57.1 Å². The van der Waals surface area contributed by atoms with Gasteiger partial charge in [0.25, 0.3) is 5.91 Å². The average Bonchev–Trinajstić information content (AvgIpc) is 2.92. The van der Waals surface area contributed by atoms with Crippen LogP contribution in [0.15, 0.2) is 72.9 Å². The molecule has 0 atom stereocenters. The molecule has 2 amide bonds. The Kier molecular flexibility index (Phi) is 18.9. The lowest BCUT2D eigenvalue weighted by atomic mass is 10.1. The summed E-state index contributed by atoms with van der Waals surface area (Å²) in [5.41, 5.74) is 0.0413. The summed E-state index contributed by atoms with van der Waals surface area (Å²) in [7, 11) is 0. The minimum Gasteiger partial charge on any atom is -0.504 e. The Balaban J connectivity index is 1.97.